The Morgan fingerprint density at radius 2 is 2.27 bits per heavy atom. The van der Waals surface area contributed by atoms with E-state index in [0.29, 0.717) is 5.92 Å². The first-order valence-corrected chi connectivity index (χ1v) is 5.99. The summed E-state index contributed by atoms with van der Waals surface area (Å²) in [6, 6.07) is -0.0395. The lowest BCUT2D eigenvalue weighted by Gasteiger charge is -2.12. The molecule has 1 aromatic heterocycles. The molecule has 0 saturated heterocycles. The van der Waals surface area contributed by atoms with Gasteiger partial charge in [0.1, 0.15) is 6.04 Å². The minimum Gasteiger partial charge on any atom is -0.299 e. The molecule has 0 bridgehead atoms. The fourth-order valence-electron chi connectivity index (χ4n) is 1.32. The zero-order valence-corrected chi connectivity index (χ0v) is 10.3. The molecule has 1 aromatic rings. The number of hydrogen-bond acceptors (Lipinski definition) is 4. The van der Waals surface area contributed by atoms with Crippen molar-refractivity contribution in [1.29, 1.82) is 0 Å². The highest BCUT2D eigenvalue weighted by atomic mass is 32.1. The minimum atomic E-state index is -0.0395. The van der Waals surface area contributed by atoms with E-state index in [1.807, 2.05) is 0 Å². The van der Waals surface area contributed by atoms with Crippen LogP contribution >= 0.6 is 11.5 Å². The second kappa shape index (κ2) is 5.84. The van der Waals surface area contributed by atoms with Crippen molar-refractivity contribution in [3.8, 4) is 12.3 Å². The van der Waals surface area contributed by atoms with Crippen molar-refractivity contribution in [1.82, 2.24) is 14.9 Å². The standard InChI is InChI=1S/C11H17N3S/c1-5-7-12-9(6-2)11-10(8(3)4)13-14-15-11/h2,8-9,12H,5,7H2,1,3-4H3. The summed E-state index contributed by atoms with van der Waals surface area (Å²) >= 11 is 1.39. The van der Waals surface area contributed by atoms with Gasteiger partial charge in [-0.15, -0.1) is 11.5 Å². The summed E-state index contributed by atoms with van der Waals surface area (Å²) < 4.78 is 3.98. The summed E-state index contributed by atoms with van der Waals surface area (Å²) in [5.41, 5.74) is 1.02. The maximum absolute atomic E-state index is 5.51. The predicted octanol–water partition coefficient (Wildman–Crippen LogP) is 2.34. The van der Waals surface area contributed by atoms with Gasteiger partial charge in [0.05, 0.1) is 10.6 Å². The Labute approximate surface area is 95.5 Å². The second-order valence-corrected chi connectivity index (χ2v) is 4.52. The highest BCUT2D eigenvalue weighted by Crippen LogP contribution is 2.25. The molecule has 1 unspecified atom stereocenters. The highest BCUT2D eigenvalue weighted by Gasteiger charge is 2.18. The summed E-state index contributed by atoms with van der Waals surface area (Å²) in [5, 5.41) is 7.44. The quantitative estimate of drug-likeness (QED) is 0.779. The molecular weight excluding hydrogens is 206 g/mol. The van der Waals surface area contributed by atoms with Gasteiger partial charge in [-0.05, 0) is 30.4 Å². The van der Waals surface area contributed by atoms with Crippen LogP contribution in [0.5, 0.6) is 0 Å². The van der Waals surface area contributed by atoms with E-state index < -0.39 is 0 Å². The molecule has 0 spiro atoms. The number of nitrogens with one attached hydrogen (secondary N) is 1. The highest BCUT2D eigenvalue weighted by molar-refractivity contribution is 7.05. The van der Waals surface area contributed by atoms with Gasteiger partial charge >= 0.3 is 0 Å². The molecule has 1 rings (SSSR count). The Balaban J connectivity index is 2.83. The summed E-state index contributed by atoms with van der Waals surface area (Å²) in [5.74, 6) is 3.13. The summed E-state index contributed by atoms with van der Waals surface area (Å²) in [6.07, 6.45) is 6.58. The van der Waals surface area contributed by atoms with Crippen molar-refractivity contribution < 1.29 is 0 Å². The van der Waals surface area contributed by atoms with Crippen LogP contribution in [0, 0.1) is 12.3 Å². The van der Waals surface area contributed by atoms with Gasteiger partial charge in [-0.3, -0.25) is 5.32 Å². The number of nitrogens with zero attached hydrogens (tertiary/aromatic N) is 2. The molecule has 1 N–H and O–H groups in total. The van der Waals surface area contributed by atoms with E-state index in [1.165, 1.54) is 11.5 Å². The molecule has 4 heteroatoms. The number of aromatic nitrogens is 2. The molecule has 0 aliphatic heterocycles. The van der Waals surface area contributed by atoms with E-state index in [4.69, 9.17) is 6.42 Å². The van der Waals surface area contributed by atoms with Gasteiger partial charge in [0.2, 0.25) is 0 Å². The second-order valence-electron chi connectivity index (χ2n) is 3.73. The molecule has 1 heterocycles. The molecule has 1 atom stereocenters. The molecule has 0 radical (unpaired) electrons. The maximum atomic E-state index is 5.51. The van der Waals surface area contributed by atoms with Crippen LogP contribution in [-0.2, 0) is 0 Å². The van der Waals surface area contributed by atoms with Crippen LogP contribution < -0.4 is 5.32 Å². The van der Waals surface area contributed by atoms with E-state index in [2.05, 4.69) is 41.6 Å². The minimum absolute atomic E-state index is 0.0395. The Morgan fingerprint density at radius 3 is 2.80 bits per heavy atom. The zero-order valence-electron chi connectivity index (χ0n) is 9.45. The normalized spacial score (nSPS) is 12.7. The van der Waals surface area contributed by atoms with E-state index >= 15 is 0 Å². The van der Waals surface area contributed by atoms with Crippen LogP contribution in [0.1, 0.15) is 49.7 Å². The van der Waals surface area contributed by atoms with Gasteiger partial charge in [0.25, 0.3) is 0 Å². The Kier molecular flexibility index (Phi) is 4.73. The van der Waals surface area contributed by atoms with Crippen LogP contribution in [-0.4, -0.2) is 16.1 Å². The average Bonchev–Trinajstić information content (AvgIpc) is 2.68. The SMILES string of the molecule is C#CC(NCCC)c1snnc1C(C)C. The molecule has 82 valence electrons. The topological polar surface area (TPSA) is 37.8 Å². The van der Waals surface area contributed by atoms with Gasteiger partial charge < -0.3 is 0 Å². The third-order valence-corrected chi connectivity index (χ3v) is 2.92. The van der Waals surface area contributed by atoms with Gasteiger partial charge in [0.15, 0.2) is 0 Å². The molecule has 0 aliphatic carbocycles. The fraction of sp³-hybridized carbons (Fsp3) is 0.636. The first kappa shape index (κ1) is 12.2. The monoisotopic (exact) mass is 223 g/mol. The average molecular weight is 223 g/mol. The first-order valence-electron chi connectivity index (χ1n) is 5.22. The van der Waals surface area contributed by atoms with Crippen molar-refractivity contribution in [2.45, 2.75) is 39.2 Å². The zero-order chi connectivity index (χ0) is 11.3. The number of rotatable bonds is 5. The third-order valence-electron chi connectivity index (χ3n) is 2.11. The molecule has 0 aliphatic rings. The smallest absolute Gasteiger partial charge is 0.107 e. The molecule has 0 fully saturated rings. The lowest BCUT2D eigenvalue weighted by atomic mass is 10.1. The summed E-state index contributed by atoms with van der Waals surface area (Å²) in [6.45, 7) is 7.25. The molecule has 0 saturated carbocycles. The van der Waals surface area contributed by atoms with Gasteiger partial charge in [0, 0.05) is 0 Å². The Morgan fingerprint density at radius 1 is 1.53 bits per heavy atom. The first-order chi connectivity index (χ1) is 7.20. The lowest BCUT2D eigenvalue weighted by Crippen LogP contribution is -2.21. The van der Waals surface area contributed by atoms with Crippen LogP contribution in [0.2, 0.25) is 0 Å². The summed E-state index contributed by atoms with van der Waals surface area (Å²) in [7, 11) is 0. The van der Waals surface area contributed by atoms with Crippen LogP contribution in [0.15, 0.2) is 0 Å². The molecular formula is C11H17N3S. The number of hydrogen-bond donors (Lipinski definition) is 1. The van der Waals surface area contributed by atoms with E-state index in [9.17, 15) is 0 Å². The van der Waals surface area contributed by atoms with Crippen LogP contribution in [0.3, 0.4) is 0 Å². The molecule has 0 aromatic carbocycles. The van der Waals surface area contributed by atoms with Crippen molar-refractivity contribution in [2.75, 3.05) is 6.54 Å². The van der Waals surface area contributed by atoms with E-state index in [1.54, 1.807) is 0 Å². The van der Waals surface area contributed by atoms with Gasteiger partial charge in [-0.2, -0.15) is 0 Å². The molecule has 3 nitrogen and oxygen atoms in total. The van der Waals surface area contributed by atoms with Crippen LogP contribution in [0.25, 0.3) is 0 Å². The molecule has 0 amide bonds. The van der Waals surface area contributed by atoms with Crippen molar-refractivity contribution in [3.63, 3.8) is 0 Å². The molecule has 15 heavy (non-hydrogen) atoms. The predicted molar refractivity (Wildman–Crippen MR) is 63.9 cm³/mol. The van der Waals surface area contributed by atoms with E-state index in [0.717, 1.165) is 23.5 Å². The van der Waals surface area contributed by atoms with Crippen molar-refractivity contribution in [2.24, 2.45) is 0 Å². The van der Waals surface area contributed by atoms with Crippen molar-refractivity contribution >= 4 is 11.5 Å². The number of terminal acetylenes is 1. The Hall–Kier alpha value is -0.920. The fourth-order valence-corrected chi connectivity index (χ4v) is 2.16. The Bertz CT molecular complexity index is 338. The van der Waals surface area contributed by atoms with E-state index in [-0.39, 0.29) is 6.04 Å². The van der Waals surface area contributed by atoms with Gasteiger partial charge in [-0.25, -0.2) is 0 Å². The van der Waals surface area contributed by atoms with Crippen molar-refractivity contribution in [3.05, 3.63) is 10.6 Å². The third kappa shape index (κ3) is 3.01. The largest absolute Gasteiger partial charge is 0.299 e. The maximum Gasteiger partial charge on any atom is 0.107 e. The summed E-state index contributed by atoms with van der Waals surface area (Å²) in [4.78, 5) is 1.08. The lowest BCUT2D eigenvalue weighted by molar-refractivity contribution is 0.623. The van der Waals surface area contributed by atoms with Crippen LogP contribution in [0.4, 0.5) is 0 Å². The van der Waals surface area contributed by atoms with Gasteiger partial charge in [-0.1, -0.05) is 31.2 Å².